The molecule has 2 N–H and O–H groups in total. The van der Waals surface area contributed by atoms with Crippen LogP contribution in [0.1, 0.15) is 12.6 Å². The highest BCUT2D eigenvalue weighted by atomic mass is 16.5. The van der Waals surface area contributed by atoms with E-state index in [4.69, 9.17) is 15.2 Å². The van der Waals surface area contributed by atoms with E-state index >= 15 is 0 Å². The first-order valence-corrected chi connectivity index (χ1v) is 6.22. The van der Waals surface area contributed by atoms with Gasteiger partial charge < -0.3 is 19.8 Å². The molecule has 0 aliphatic rings. The Hall–Kier alpha value is -2.01. The molecule has 5 nitrogen and oxygen atoms in total. The Morgan fingerprint density at radius 1 is 1.21 bits per heavy atom. The van der Waals surface area contributed by atoms with Gasteiger partial charge in [-0.2, -0.15) is 0 Å². The summed E-state index contributed by atoms with van der Waals surface area (Å²) >= 11 is 0. The van der Waals surface area contributed by atoms with E-state index in [1.54, 1.807) is 14.2 Å². The van der Waals surface area contributed by atoms with Gasteiger partial charge in [0.2, 0.25) is 0 Å². The van der Waals surface area contributed by atoms with E-state index < -0.39 is 0 Å². The lowest BCUT2D eigenvalue weighted by Crippen LogP contribution is -2.07. The van der Waals surface area contributed by atoms with Gasteiger partial charge in [0.15, 0.2) is 11.5 Å². The number of benzene rings is 1. The van der Waals surface area contributed by atoms with Crippen LogP contribution in [0.15, 0.2) is 24.4 Å². The molecule has 1 aromatic heterocycles. The third kappa shape index (κ3) is 2.42. The van der Waals surface area contributed by atoms with E-state index in [0.29, 0.717) is 18.0 Å². The smallest absolute Gasteiger partial charge is 0.161 e. The highest BCUT2D eigenvalue weighted by Gasteiger charge is 2.12. The molecule has 0 radical (unpaired) electrons. The van der Waals surface area contributed by atoms with Gasteiger partial charge in [-0.05, 0) is 25.1 Å². The minimum Gasteiger partial charge on any atom is -0.493 e. The zero-order valence-electron chi connectivity index (χ0n) is 11.5. The molecule has 0 saturated carbocycles. The number of methoxy groups -OCH3 is 2. The van der Waals surface area contributed by atoms with Crippen LogP contribution < -0.4 is 15.2 Å². The summed E-state index contributed by atoms with van der Waals surface area (Å²) in [7, 11) is 3.25. The first-order chi connectivity index (χ1) is 9.24. The summed E-state index contributed by atoms with van der Waals surface area (Å²) in [6.07, 6.45) is 1.82. The van der Waals surface area contributed by atoms with Crippen LogP contribution in [-0.4, -0.2) is 23.8 Å². The van der Waals surface area contributed by atoms with Crippen LogP contribution in [-0.2, 0) is 13.1 Å². The largest absolute Gasteiger partial charge is 0.493 e. The van der Waals surface area contributed by atoms with Crippen molar-refractivity contribution >= 4 is 0 Å². The Labute approximate surface area is 113 Å². The molecule has 1 aromatic carbocycles. The summed E-state index contributed by atoms with van der Waals surface area (Å²) in [5, 5.41) is 0. The molecule has 2 aromatic rings. The van der Waals surface area contributed by atoms with Gasteiger partial charge in [0.05, 0.1) is 26.1 Å². The second kappa shape index (κ2) is 5.75. The van der Waals surface area contributed by atoms with Crippen LogP contribution in [0.5, 0.6) is 11.5 Å². The number of ether oxygens (including phenoxy) is 2. The SMILES string of the molecule is CCn1c(CN)cnc1-c1ccc(OC)c(OC)c1. The summed E-state index contributed by atoms with van der Waals surface area (Å²) in [4.78, 5) is 4.45. The second-order valence-corrected chi connectivity index (χ2v) is 4.09. The predicted octanol–water partition coefficient (Wildman–Crippen LogP) is 2.05. The first kappa shape index (κ1) is 13.4. The fraction of sp³-hybridized carbons (Fsp3) is 0.357. The number of hydrogen-bond acceptors (Lipinski definition) is 4. The molecule has 0 aliphatic carbocycles. The predicted molar refractivity (Wildman–Crippen MR) is 74.3 cm³/mol. The molecule has 0 saturated heterocycles. The molecule has 0 atom stereocenters. The topological polar surface area (TPSA) is 62.3 Å². The van der Waals surface area contributed by atoms with Crippen LogP contribution in [0.3, 0.4) is 0 Å². The molecule has 102 valence electrons. The zero-order valence-corrected chi connectivity index (χ0v) is 11.5. The number of rotatable bonds is 5. The van der Waals surface area contributed by atoms with Crippen molar-refractivity contribution in [2.24, 2.45) is 5.73 Å². The zero-order chi connectivity index (χ0) is 13.8. The van der Waals surface area contributed by atoms with E-state index in [0.717, 1.165) is 23.6 Å². The van der Waals surface area contributed by atoms with Crippen molar-refractivity contribution in [1.29, 1.82) is 0 Å². The number of aromatic nitrogens is 2. The maximum absolute atomic E-state index is 5.71. The number of hydrogen-bond donors (Lipinski definition) is 1. The lowest BCUT2D eigenvalue weighted by atomic mass is 10.2. The van der Waals surface area contributed by atoms with E-state index in [9.17, 15) is 0 Å². The van der Waals surface area contributed by atoms with Crippen LogP contribution in [0.25, 0.3) is 11.4 Å². The Bertz CT molecular complexity index is 564. The summed E-state index contributed by atoms with van der Waals surface area (Å²) in [6, 6.07) is 5.77. The summed E-state index contributed by atoms with van der Waals surface area (Å²) in [5.41, 5.74) is 7.72. The van der Waals surface area contributed by atoms with Crippen molar-refractivity contribution in [2.45, 2.75) is 20.0 Å². The molecule has 0 aliphatic heterocycles. The van der Waals surface area contributed by atoms with E-state index in [2.05, 4.69) is 16.5 Å². The van der Waals surface area contributed by atoms with Crippen molar-refractivity contribution in [3.05, 3.63) is 30.1 Å². The standard InChI is InChI=1S/C14H19N3O2/c1-4-17-11(8-15)9-16-14(17)10-5-6-12(18-2)13(7-10)19-3/h5-7,9H,4,8,15H2,1-3H3. The Balaban J connectivity index is 2.50. The molecule has 0 bridgehead atoms. The van der Waals surface area contributed by atoms with Gasteiger partial charge in [0, 0.05) is 18.7 Å². The number of nitrogens with zero attached hydrogens (tertiary/aromatic N) is 2. The van der Waals surface area contributed by atoms with Gasteiger partial charge in [-0.15, -0.1) is 0 Å². The first-order valence-electron chi connectivity index (χ1n) is 6.22. The molecule has 5 heteroatoms. The molecule has 0 unspecified atom stereocenters. The van der Waals surface area contributed by atoms with Gasteiger partial charge in [0.1, 0.15) is 5.82 Å². The minimum absolute atomic E-state index is 0.480. The van der Waals surface area contributed by atoms with Crippen LogP contribution in [0.4, 0.5) is 0 Å². The number of imidazole rings is 1. The maximum atomic E-state index is 5.71. The van der Waals surface area contributed by atoms with Gasteiger partial charge in [-0.25, -0.2) is 4.98 Å². The van der Waals surface area contributed by atoms with Crippen LogP contribution in [0.2, 0.25) is 0 Å². The van der Waals surface area contributed by atoms with E-state index in [1.807, 2.05) is 24.4 Å². The van der Waals surface area contributed by atoms with Crippen molar-refractivity contribution in [3.8, 4) is 22.9 Å². The van der Waals surface area contributed by atoms with Crippen LogP contribution in [0, 0.1) is 0 Å². The van der Waals surface area contributed by atoms with E-state index in [1.165, 1.54) is 0 Å². The third-order valence-corrected chi connectivity index (χ3v) is 3.11. The summed E-state index contributed by atoms with van der Waals surface area (Å²) in [5.74, 6) is 2.30. The molecule has 1 heterocycles. The molecule has 0 amide bonds. The van der Waals surface area contributed by atoms with Gasteiger partial charge in [0.25, 0.3) is 0 Å². The van der Waals surface area contributed by atoms with Crippen LogP contribution >= 0.6 is 0 Å². The van der Waals surface area contributed by atoms with Crippen molar-refractivity contribution < 1.29 is 9.47 Å². The van der Waals surface area contributed by atoms with Crippen molar-refractivity contribution in [1.82, 2.24) is 9.55 Å². The molecular formula is C14H19N3O2. The normalized spacial score (nSPS) is 10.5. The van der Waals surface area contributed by atoms with Gasteiger partial charge >= 0.3 is 0 Å². The van der Waals surface area contributed by atoms with E-state index in [-0.39, 0.29) is 0 Å². The molecule has 2 rings (SSSR count). The minimum atomic E-state index is 0.480. The third-order valence-electron chi connectivity index (χ3n) is 3.11. The fourth-order valence-corrected chi connectivity index (χ4v) is 2.13. The average molecular weight is 261 g/mol. The second-order valence-electron chi connectivity index (χ2n) is 4.09. The quantitative estimate of drug-likeness (QED) is 0.894. The number of nitrogens with two attached hydrogens (primary N) is 1. The van der Waals surface area contributed by atoms with Crippen molar-refractivity contribution in [2.75, 3.05) is 14.2 Å². The molecule has 0 spiro atoms. The summed E-state index contributed by atoms with van der Waals surface area (Å²) < 4.78 is 12.7. The average Bonchev–Trinajstić information content (AvgIpc) is 2.89. The van der Waals surface area contributed by atoms with Gasteiger partial charge in [-0.3, -0.25) is 0 Å². The van der Waals surface area contributed by atoms with Gasteiger partial charge in [-0.1, -0.05) is 0 Å². The fourth-order valence-electron chi connectivity index (χ4n) is 2.13. The maximum Gasteiger partial charge on any atom is 0.161 e. The Morgan fingerprint density at radius 2 is 1.95 bits per heavy atom. The molecule has 0 fully saturated rings. The highest BCUT2D eigenvalue weighted by molar-refractivity contribution is 5.62. The van der Waals surface area contributed by atoms with Crippen molar-refractivity contribution in [3.63, 3.8) is 0 Å². The molecule has 19 heavy (non-hydrogen) atoms. The lowest BCUT2D eigenvalue weighted by Gasteiger charge is -2.11. The lowest BCUT2D eigenvalue weighted by molar-refractivity contribution is 0.355. The summed E-state index contributed by atoms with van der Waals surface area (Å²) in [6.45, 7) is 3.38. The highest BCUT2D eigenvalue weighted by Crippen LogP contribution is 2.32. The monoisotopic (exact) mass is 261 g/mol. The Kier molecular flexibility index (Phi) is 4.06. The Morgan fingerprint density at radius 3 is 2.53 bits per heavy atom. The molecular weight excluding hydrogens is 242 g/mol.